The quantitative estimate of drug-likeness (QED) is 0.832. The fourth-order valence-electron chi connectivity index (χ4n) is 2.13. The van der Waals surface area contributed by atoms with Gasteiger partial charge in [0.2, 0.25) is 0 Å². The molecule has 110 valence electrons. The van der Waals surface area contributed by atoms with E-state index in [-0.39, 0.29) is 5.56 Å². The van der Waals surface area contributed by atoms with Gasteiger partial charge in [-0.3, -0.25) is 4.79 Å². The minimum Gasteiger partial charge on any atom is -0.399 e. The fraction of sp³-hybridized carbons (Fsp3) is 0.333. The number of hydrogen-bond acceptors (Lipinski definition) is 4. The largest absolute Gasteiger partial charge is 0.399 e. The first kappa shape index (κ1) is 13.9. The van der Waals surface area contributed by atoms with Crippen LogP contribution in [0.1, 0.15) is 18.4 Å². The number of anilines is 2. The normalized spacial score (nSPS) is 14.1. The van der Waals surface area contributed by atoms with Gasteiger partial charge in [-0.05, 0) is 36.5 Å². The van der Waals surface area contributed by atoms with E-state index in [4.69, 9.17) is 17.3 Å². The van der Waals surface area contributed by atoms with Crippen LogP contribution in [0.3, 0.4) is 0 Å². The summed E-state index contributed by atoms with van der Waals surface area (Å²) in [6.45, 7) is 1.19. The third kappa shape index (κ3) is 3.36. The Bertz CT molecular complexity index is 692. The van der Waals surface area contributed by atoms with Crippen molar-refractivity contribution in [2.75, 3.05) is 11.1 Å². The maximum absolute atomic E-state index is 12.4. The zero-order valence-electron chi connectivity index (χ0n) is 11.6. The van der Waals surface area contributed by atoms with Gasteiger partial charge in [-0.15, -0.1) is 0 Å². The molecular weight excluding hydrogens is 288 g/mol. The van der Waals surface area contributed by atoms with Crippen molar-refractivity contribution in [1.29, 1.82) is 0 Å². The second-order valence-electron chi connectivity index (χ2n) is 5.39. The molecule has 3 N–H and O–H groups in total. The van der Waals surface area contributed by atoms with Crippen LogP contribution in [0.15, 0.2) is 35.3 Å². The van der Waals surface area contributed by atoms with Crippen LogP contribution in [0, 0.1) is 5.92 Å². The summed E-state index contributed by atoms with van der Waals surface area (Å²) in [4.78, 5) is 12.4. The van der Waals surface area contributed by atoms with Crippen molar-refractivity contribution in [2.45, 2.75) is 25.9 Å². The minimum atomic E-state index is -0.162. The van der Waals surface area contributed by atoms with Gasteiger partial charge in [0.25, 0.3) is 5.56 Å². The molecule has 0 radical (unpaired) electrons. The molecule has 6 heteroatoms. The van der Waals surface area contributed by atoms with E-state index in [1.807, 2.05) is 24.3 Å². The zero-order valence-corrected chi connectivity index (χ0v) is 12.3. The number of nitrogens with two attached hydrogens (primary N) is 1. The lowest BCUT2D eigenvalue weighted by atomic mass is 10.2. The Labute approximate surface area is 127 Å². The molecule has 0 atom stereocenters. The Morgan fingerprint density at radius 1 is 1.33 bits per heavy atom. The number of benzene rings is 1. The molecule has 0 amide bonds. The van der Waals surface area contributed by atoms with E-state index in [1.54, 1.807) is 0 Å². The van der Waals surface area contributed by atoms with Crippen LogP contribution in [-0.2, 0) is 13.1 Å². The fourth-order valence-corrected chi connectivity index (χ4v) is 2.32. The van der Waals surface area contributed by atoms with Crippen LogP contribution in [0.25, 0.3) is 0 Å². The summed E-state index contributed by atoms with van der Waals surface area (Å²) in [5.41, 5.74) is 7.64. The van der Waals surface area contributed by atoms with E-state index in [1.165, 1.54) is 23.7 Å². The number of hydrogen-bond donors (Lipinski definition) is 2. The van der Waals surface area contributed by atoms with E-state index < -0.39 is 0 Å². The molecule has 1 aliphatic rings. The van der Waals surface area contributed by atoms with Crippen molar-refractivity contribution in [3.05, 3.63) is 51.4 Å². The summed E-state index contributed by atoms with van der Waals surface area (Å²) in [7, 11) is 0. The number of rotatable bonds is 5. The Morgan fingerprint density at radius 2 is 2.05 bits per heavy atom. The molecule has 1 saturated carbocycles. The number of nitrogens with one attached hydrogen (secondary N) is 1. The van der Waals surface area contributed by atoms with Crippen molar-refractivity contribution in [2.24, 2.45) is 5.92 Å². The minimum absolute atomic E-state index is 0.162. The monoisotopic (exact) mass is 304 g/mol. The summed E-state index contributed by atoms with van der Waals surface area (Å²) in [5, 5.41) is 7.56. The van der Waals surface area contributed by atoms with E-state index in [2.05, 4.69) is 10.4 Å². The van der Waals surface area contributed by atoms with Crippen LogP contribution in [-0.4, -0.2) is 9.78 Å². The van der Waals surface area contributed by atoms with Gasteiger partial charge in [0, 0.05) is 18.8 Å². The second-order valence-corrected chi connectivity index (χ2v) is 5.80. The molecule has 0 unspecified atom stereocenters. The molecule has 0 saturated heterocycles. The average molecular weight is 305 g/mol. The average Bonchev–Trinajstić information content (AvgIpc) is 3.28. The smallest absolute Gasteiger partial charge is 0.291 e. The van der Waals surface area contributed by atoms with Gasteiger partial charge in [-0.1, -0.05) is 23.7 Å². The Morgan fingerprint density at radius 3 is 2.71 bits per heavy atom. The van der Waals surface area contributed by atoms with Gasteiger partial charge in [0.15, 0.2) is 0 Å². The summed E-state index contributed by atoms with van der Waals surface area (Å²) in [6, 6.07) is 7.49. The Kier molecular flexibility index (Phi) is 3.84. The Hall–Kier alpha value is -2.01. The van der Waals surface area contributed by atoms with Crippen LogP contribution in [0.2, 0.25) is 5.02 Å². The number of nitrogens with zero attached hydrogens (tertiary/aromatic N) is 2. The SMILES string of the molecule is Nc1ccc(CNc2c(Cl)cnn(CC3CC3)c2=O)cc1. The highest BCUT2D eigenvalue weighted by atomic mass is 35.5. The van der Waals surface area contributed by atoms with Crippen molar-refractivity contribution in [1.82, 2.24) is 9.78 Å². The molecule has 2 aromatic rings. The lowest BCUT2D eigenvalue weighted by Crippen LogP contribution is -2.26. The van der Waals surface area contributed by atoms with Crippen LogP contribution in [0.5, 0.6) is 0 Å². The summed E-state index contributed by atoms with van der Waals surface area (Å²) in [6.07, 6.45) is 3.87. The van der Waals surface area contributed by atoms with Crippen molar-refractivity contribution in [3.63, 3.8) is 0 Å². The van der Waals surface area contributed by atoms with Gasteiger partial charge >= 0.3 is 0 Å². The molecule has 21 heavy (non-hydrogen) atoms. The first-order chi connectivity index (χ1) is 10.1. The lowest BCUT2D eigenvalue weighted by Gasteiger charge is -2.10. The third-order valence-electron chi connectivity index (χ3n) is 3.57. The number of aromatic nitrogens is 2. The van der Waals surface area contributed by atoms with Crippen LogP contribution in [0.4, 0.5) is 11.4 Å². The molecule has 1 aliphatic carbocycles. The summed E-state index contributed by atoms with van der Waals surface area (Å²) >= 11 is 6.09. The predicted molar refractivity (Wildman–Crippen MR) is 84.4 cm³/mol. The molecule has 3 rings (SSSR count). The first-order valence-electron chi connectivity index (χ1n) is 6.97. The van der Waals surface area contributed by atoms with Crippen molar-refractivity contribution in [3.8, 4) is 0 Å². The summed E-state index contributed by atoms with van der Waals surface area (Å²) in [5.74, 6) is 0.585. The van der Waals surface area contributed by atoms with Gasteiger partial charge in [0.05, 0.1) is 11.2 Å². The highest BCUT2D eigenvalue weighted by molar-refractivity contribution is 6.32. The zero-order chi connectivity index (χ0) is 14.8. The van der Waals surface area contributed by atoms with Gasteiger partial charge < -0.3 is 11.1 Å². The lowest BCUT2D eigenvalue weighted by molar-refractivity contribution is 0.534. The topological polar surface area (TPSA) is 72.9 Å². The maximum atomic E-state index is 12.4. The van der Waals surface area contributed by atoms with E-state index in [9.17, 15) is 4.79 Å². The number of nitrogen functional groups attached to an aromatic ring is 1. The molecule has 1 fully saturated rings. The molecule has 1 heterocycles. The van der Waals surface area contributed by atoms with E-state index in [0.29, 0.717) is 35.4 Å². The standard InChI is InChI=1S/C15H17ClN4O/c16-13-8-19-20(9-11-1-2-11)15(21)14(13)18-7-10-3-5-12(17)6-4-10/h3-6,8,11,18H,1-2,7,9,17H2. The highest BCUT2D eigenvalue weighted by Gasteiger charge is 2.23. The second kappa shape index (κ2) is 5.77. The molecule has 0 spiro atoms. The first-order valence-corrected chi connectivity index (χ1v) is 7.35. The van der Waals surface area contributed by atoms with Crippen molar-refractivity contribution >= 4 is 23.0 Å². The number of halogens is 1. The van der Waals surface area contributed by atoms with Gasteiger partial charge in [0.1, 0.15) is 5.69 Å². The molecule has 0 aliphatic heterocycles. The van der Waals surface area contributed by atoms with E-state index >= 15 is 0 Å². The molecule has 5 nitrogen and oxygen atoms in total. The molecule has 0 bridgehead atoms. The maximum Gasteiger partial charge on any atom is 0.291 e. The third-order valence-corrected chi connectivity index (χ3v) is 3.86. The van der Waals surface area contributed by atoms with Gasteiger partial charge in [-0.2, -0.15) is 5.10 Å². The Balaban J connectivity index is 1.77. The predicted octanol–water partition coefficient (Wildman–Crippen LogP) is 2.50. The van der Waals surface area contributed by atoms with E-state index in [0.717, 1.165) is 5.56 Å². The van der Waals surface area contributed by atoms with Crippen molar-refractivity contribution < 1.29 is 0 Å². The van der Waals surface area contributed by atoms with Crippen LogP contribution >= 0.6 is 11.6 Å². The highest BCUT2D eigenvalue weighted by Crippen LogP contribution is 2.30. The van der Waals surface area contributed by atoms with Crippen LogP contribution < -0.4 is 16.6 Å². The summed E-state index contributed by atoms with van der Waals surface area (Å²) < 4.78 is 1.49. The molecule has 1 aromatic carbocycles. The van der Waals surface area contributed by atoms with Gasteiger partial charge in [-0.25, -0.2) is 4.68 Å². The molecular formula is C15H17ClN4O. The molecule has 1 aromatic heterocycles.